The molecule has 0 spiro atoms. The molecule has 1 aliphatic carbocycles. The summed E-state index contributed by atoms with van der Waals surface area (Å²) in [5.74, 6) is 1.02. The molecule has 1 aliphatic rings. The molecule has 1 aromatic rings. The molecule has 1 fully saturated rings. The van der Waals surface area contributed by atoms with Crippen molar-refractivity contribution in [2.75, 3.05) is 6.54 Å². The summed E-state index contributed by atoms with van der Waals surface area (Å²) in [6.45, 7) is 2.25. The van der Waals surface area contributed by atoms with E-state index < -0.39 is 0 Å². The Balaban J connectivity index is 1.55. The quantitative estimate of drug-likeness (QED) is 0.733. The van der Waals surface area contributed by atoms with Crippen molar-refractivity contribution in [2.45, 2.75) is 38.6 Å². The van der Waals surface area contributed by atoms with Crippen molar-refractivity contribution in [3.8, 4) is 0 Å². The van der Waals surface area contributed by atoms with Crippen LogP contribution in [0.1, 0.15) is 37.7 Å². The molecule has 0 aromatic carbocycles. The number of nitrogens with one attached hydrogen (secondary N) is 1. The summed E-state index contributed by atoms with van der Waals surface area (Å²) >= 11 is 1.78. The first-order valence-electron chi connectivity index (χ1n) is 5.67. The fraction of sp³-hybridized carbons (Fsp3) is 0.667. The van der Waals surface area contributed by atoms with Gasteiger partial charge in [0.15, 0.2) is 0 Å². The van der Waals surface area contributed by atoms with E-state index in [4.69, 9.17) is 0 Å². The first-order valence-corrected chi connectivity index (χ1v) is 6.61. The van der Waals surface area contributed by atoms with Crippen LogP contribution in [0.15, 0.2) is 16.8 Å². The van der Waals surface area contributed by atoms with E-state index in [1.807, 2.05) is 0 Å². The molecule has 14 heavy (non-hydrogen) atoms. The normalized spacial score (nSPS) is 17.7. The minimum atomic E-state index is 1.02. The van der Waals surface area contributed by atoms with Crippen LogP contribution in [0.5, 0.6) is 0 Å². The van der Waals surface area contributed by atoms with Crippen LogP contribution in [0.3, 0.4) is 0 Å². The SMILES string of the molecule is c1cc(CNCCC2CCCC2)cs1. The summed E-state index contributed by atoms with van der Waals surface area (Å²) in [4.78, 5) is 0. The van der Waals surface area contributed by atoms with Crippen molar-refractivity contribution >= 4 is 11.3 Å². The van der Waals surface area contributed by atoms with Gasteiger partial charge >= 0.3 is 0 Å². The number of thiophene rings is 1. The maximum atomic E-state index is 3.52. The zero-order valence-electron chi connectivity index (χ0n) is 8.67. The second kappa shape index (κ2) is 5.52. The van der Waals surface area contributed by atoms with Gasteiger partial charge in [-0.2, -0.15) is 11.3 Å². The topological polar surface area (TPSA) is 12.0 Å². The Morgan fingerprint density at radius 2 is 2.21 bits per heavy atom. The largest absolute Gasteiger partial charge is 0.313 e. The molecule has 1 nitrogen and oxygen atoms in total. The van der Waals surface area contributed by atoms with Gasteiger partial charge in [0.2, 0.25) is 0 Å². The predicted molar refractivity (Wildman–Crippen MR) is 62.6 cm³/mol. The van der Waals surface area contributed by atoms with Crippen molar-refractivity contribution in [1.82, 2.24) is 5.32 Å². The average Bonchev–Trinajstić information content (AvgIpc) is 2.86. The van der Waals surface area contributed by atoms with E-state index in [0.29, 0.717) is 0 Å². The first-order chi connectivity index (χ1) is 6.95. The van der Waals surface area contributed by atoms with E-state index in [-0.39, 0.29) is 0 Å². The molecule has 78 valence electrons. The van der Waals surface area contributed by atoms with Crippen LogP contribution in [0.4, 0.5) is 0 Å². The standard InChI is InChI=1S/C12H19NS/c1-2-4-11(3-1)5-7-13-9-12-6-8-14-10-12/h6,8,10-11,13H,1-5,7,9H2. The third kappa shape index (κ3) is 3.10. The summed E-state index contributed by atoms with van der Waals surface area (Å²) in [5, 5.41) is 7.89. The fourth-order valence-corrected chi connectivity index (χ4v) is 2.90. The number of hydrogen-bond donors (Lipinski definition) is 1. The number of hydrogen-bond acceptors (Lipinski definition) is 2. The van der Waals surface area contributed by atoms with Crippen molar-refractivity contribution < 1.29 is 0 Å². The highest BCUT2D eigenvalue weighted by Gasteiger charge is 2.13. The number of rotatable bonds is 5. The van der Waals surface area contributed by atoms with Crippen LogP contribution < -0.4 is 5.32 Å². The van der Waals surface area contributed by atoms with Gasteiger partial charge in [-0.3, -0.25) is 0 Å². The van der Waals surface area contributed by atoms with Gasteiger partial charge in [-0.05, 0) is 41.3 Å². The Kier molecular flexibility index (Phi) is 4.02. The Hall–Kier alpha value is -0.340. The molecule has 1 saturated carbocycles. The zero-order chi connectivity index (χ0) is 9.64. The minimum Gasteiger partial charge on any atom is -0.313 e. The molecule has 0 saturated heterocycles. The molecule has 0 bridgehead atoms. The lowest BCUT2D eigenvalue weighted by atomic mass is 10.0. The highest BCUT2D eigenvalue weighted by atomic mass is 32.1. The Morgan fingerprint density at radius 3 is 2.93 bits per heavy atom. The summed E-state index contributed by atoms with van der Waals surface area (Å²) in [7, 11) is 0. The highest BCUT2D eigenvalue weighted by molar-refractivity contribution is 7.07. The van der Waals surface area contributed by atoms with Crippen LogP contribution in [0.25, 0.3) is 0 Å². The molecule has 0 amide bonds. The van der Waals surface area contributed by atoms with Crippen LogP contribution in [-0.2, 0) is 6.54 Å². The third-order valence-corrected chi connectivity index (χ3v) is 3.85. The highest BCUT2D eigenvalue weighted by Crippen LogP contribution is 2.26. The third-order valence-electron chi connectivity index (χ3n) is 3.11. The lowest BCUT2D eigenvalue weighted by molar-refractivity contribution is 0.477. The van der Waals surface area contributed by atoms with Crippen LogP contribution >= 0.6 is 11.3 Å². The van der Waals surface area contributed by atoms with Crippen LogP contribution in [-0.4, -0.2) is 6.54 Å². The van der Waals surface area contributed by atoms with Gasteiger partial charge in [0, 0.05) is 6.54 Å². The van der Waals surface area contributed by atoms with E-state index in [1.54, 1.807) is 11.3 Å². The van der Waals surface area contributed by atoms with E-state index in [1.165, 1.54) is 44.2 Å². The molecular weight excluding hydrogens is 190 g/mol. The molecule has 2 rings (SSSR count). The monoisotopic (exact) mass is 209 g/mol. The van der Waals surface area contributed by atoms with E-state index >= 15 is 0 Å². The molecular formula is C12H19NS. The van der Waals surface area contributed by atoms with Crippen molar-refractivity contribution in [3.05, 3.63) is 22.4 Å². The van der Waals surface area contributed by atoms with Gasteiger partial charge < -0.3 is 5.32 Å². The van der Waals surface area contributed by atoms with E-state index in [0.717, 1.165) is 12.5 Å². The second-order valence-corrected chi connectivity index (χ2v) is 5.03. The molecule has 2 heteroatoms. The predicted octanol–water partition coefficient (Wildman–Crippen LogP) is 3.42. The van der Waals surface area contributed by atoms with Crippen molar-refractivity contribution in [3.63, 3.8) is 0 Å². The maximum absolute atomic E-state index is 3.52. The Bertz CT molecular complexity index is 237. The average molecular weight is 209 g/mol. The van der Waals surface area contributed by atoms with Gasteiger partial charge in [0.25, 0.3) is 0 Å². The molecule has 0 radical (unpaired) electrons. The van der Waals surface area contributed by atoms with Crippen molar-refractivity contribution in [1.29, 1.82) is 0 Å². The zero-order valence-corrected chi connectivity index (χ0v) is 9.48. The molecule has 0 aliphatic heterocycles. The Morgan fingerprint density at radius 1 is 1.36 bits per heavy atom. The van der Waals surface area contributed by atoms with Gasteiger partial charge in [-0.25, -0.2) is 0 Å². The maximum Gasteiger partial charge on any atom is 0.0213 e. The fourth-order valence-electron chi connectivity index (χ4n) is 2.23. The summed E-state index contributed by atoms with van der Waals surface area (Å²) in [5.41, 5.74) is 1.43. The van der Waals surface area contributed by atoms with Gasteiger partial charge in [0.1, 0.15) is 0 Å². The lowest BCUT2D eigenvalue weighted by Gasteiger charge is -2.08. The van der Waals surface area contributed by atoms with E-state index in [2.05, 4.69) is 22.1 Å². The van der Waals surface area contributed by atoms with Gasteiger partial charge in [-0.15, -0.1) is 0 Å². The molecule has 1 heterocycles. The Labute approximate surface area is 90.5 Å². The van der Waals surface area contributed by atoms with E-state index in [9.17, 15) is 0 Å². The van der Waals surface area contributed by atoms with Gasteiger partial charge in [-0.1, -0.05) is 25.7 Å². The second-order valence-electron chi connectivity index (χ2n) is 4.25. The molecule has 1 aromatic heterocycles. The molecule has 1 N–H and O–H groups in total. The first kappa shape index (κ1) is 10.2. The van der Waals surface area contributed by atoms with Crippen LogP contribution in [0, 0.1) is 5.92 Å². The minimum absolute atomic E-state index is 1.02. The van der Waals surface area contributed by atoms with Gasteiger partial charge in [0.05, 0.1) is 0 Å². The lowest BCUT2D eigenvalue weighted by Crippen LogP contribution is -2.16. The molecule has 0 atom stereocenters. The van der Waals surface area contributed by atoms with Crippen LogP contribution in [0.2, 0.25) is 0 Å². The summed E-state index contributed by atoms with van der Waals surface area (Å²) < 4.78 is 0. The summed E-state index contributed by atoms with van der Waals surface area (Å²) in [6.07, 6.45) is 7.26. The van der Waals surface area contributed by atoms with Crippen molar-refractivity contribution in [2.24, 2.45) is 5.92 Å². The molecule has 0 unspecified atom stereocenters. The smallest absolute Gasteiger partial charge is 0.0213 e. The summed E-state index contributed by atoms with van der Waals surface area (Å²) in [6, 6.07) is 2.20.